The quantitative estimate of drug-likeness (QED) is 0.856. The Morgan fingerprint density at radius 3 is 2.52 bits per heavy atom. The summed E-state index contributed by atoms with van der Waals surface area (Å²) in [6.45, 7) is 2.84. The highest BCUT2D eigenvalue weighted by molar-refractivity contribution is 5.85. The molecule has 0 atom stereocenters. The van der Waals surface area contributed by atoms with Crippen LogP contribution in [0, 0.1) is 6.92 Å². The van der Waals surface area contributed by atoms with Crippen LogP contribution < -0.4 is 4.90 Å². The zero-order valence-electron chi connectivity index (χ0n) is 12.2. The molecule has 1 N–H and O–H groups in total. The van der Waals surface area contributed by atoms with Gasteiger partial charge in [-0.3, -0.25) is 0 Å². The summed E-state index contributed by atoms with van der Waals surface area (Å²) < 4.78 is 0. The van der Waals surface area contributed by atoms with Gasteiger partial charge in [-0.1, -0.05) is 29.8 Å². The van der Waals surface area contributed by atoms with E-state index in [1.165, 1.54) is 17.2 Å². The first kappa shape index (κ1) is 14.8. The maximum absolute atomic E-state index is 10.5. The van der Waals surface area contributed by atoms with Crippen LogP contribution in [0.15, 0.2) is 48.7 Å². The van der Waals surface area contributed by atoms with Crippen LogP contribution in [-0.2, 0) is 11.3 Å². The Morgan fingerprint density at radius 2 is 1.95 bits per heavy atom. The summed E-state index contributed by atoms with van der Waals surface area (Å²) in [7, 11) is 1.98. The van der Waals surface area contributed by atoms with Gasteiger partial charge in [0.05, 0.1) is 0 Å². The van der Waals surface area contributed by atoms with Gasteiger partial charge in [0.2, 0.25) is 0 Å². The van der Waals surface area contributed by atoms with Crippen molar-refractivity contribution in [1.29, 1.82) is 0 Å². The van der Waals surface area contributed by atoms with Gasteiger partial charge in [0.25, 0.3) is 0 Å². The first-order valence-electron chi connectivity index (χ1n) is 6.68. The fourth-order valence-corrected chi connectivity index (χ4v) is 1.94. The van der Waals surface area contributed by atoms with Crippen LogP contribution >= 0.6 is 0 Å². The molecule has 2 rings (SSSR count). The van der Waals surface area contributed by atoms with Crippen LogP contribution in [0.25, 0.3) is 6.08 Å². The Hall–Kier alpha value is -2.62. The van der Waals surface area contributed by atoms with E-state index in [0.29, 0.717) is 0 Å². The number of carboxylic acid groups (broad SMARTS) is 1. The third-order valence-corrected chi connectivity index (χ3v) is 3.12. The van der Waals surface area contributed by atoms with E-state index in [1.54, 1.807) is 6.20 Å². The molecule has 0 spiro atoms. The van der Waals surface area contributed by atoms with Gasteiger partial charge >= 0.3 is 5.97 Å². The second-order valence-corrected chi connectivity index (χ2v) is 4.96. The van der Waals surface area contributed by atoms with E-state index in [9.17, 15) is 4.79 Å². The highest BCUT2D eigenvalue weighted by Gasteiger charge is 2.03. The molecular weight excluding hydrogens is 264 g/mol. The number of carboxylic acids is 1. The molecule has 108 valence electrons. The van der Waals surface area contributed by atoms with E-state index < -0.39 is 5.97 Å². The van der Waals surface area contributed by atoms with Gasteiger partial charge in [-0.2, -0.15) is 0 Å². The molecule has 0 saturated carbocycles. The van der Waals surface area contributed by atoms with Crippen molar-refractivity contribution in [3.8, 4) is 0 Å². The Morgan fingerprint density at radius 1 is 1.24 bits per heavy atom. The third-order valence-electron chi connectivity index (χ3n) is 3.12. The van der Waals surface area contributed by atoms with Crippen molar-refractivity contribution < 1.29 is 9.90 Å². The number of hydrogen-bond donors (Lipinski definition) is 1. The first-order valence-corrected chi connectivity index (χ1v) is 6.68. The molecule has 0 bridgehead atoms. The fourth-order valence-electron chi connectivity index (χ4n) is 1.94. The van der Waals surface area contributed by atoms with Crippen molar-refractivity contribution in [1.82, 2.24) is 4.98 Å². The standard InChI is InChI=1S/C17H18N2O2/c1-13-3-5-15(6-4-13)12-19(2)16-9-7-14(11-18-16)8-10-17(20)21/h3-11H,12H2,1-2H3,(H,20,21)/b10-8+. The smallest absolute Gasteiger partial charge is 0.328 e. The lowest BCUT2D eigenvalue weighted by Gasteiger charge is -2.18. The van der Waals surface area contributed by atoms with E-state index in [1.807, 2.05) is 19.2 Å². The summed E-state index contributed by atoms with van der Waals surface area (Å²) in [4.78, 5) is 16.9. The molecule has 0 radical (unpaired) electrons. The van der Waals surface area contributed by atoms with Crippen LogP contribution in [0.2, 0.25) is 0 Å². The molecule has 1 heterocycles. The van der Waals surface area contributed by atoms with Gasteiger partial charge in [-0.15, -0.1) is 0 Å². The van der Waals surface area contributed by atoms with E-state index in [-0.39, 0.29) is 0 Å². The molecule has 0 aliphatic carbocycles. The van der Waals surface area contributed by atoms with Crippen LogP contribution in [0.5, 0.6) is 0 Å². The number of benzene rings is 1. The van der Waals surface area contributed by atoms with Crippen LogP contribution in [0.1, 0.15) is 16.7 Å². The minimum Gasteiger partial charge on any atom is -0.478 e. The number of nitrogens with zero attached hydrogens (tertiary/aromatic N) is 2. The Labute approximate surface area is 124 Å². The number of rotatable bonds is 5. The van der Waals surface area contributed by atoms with Crippen LogP contribution in [0.4, 0.5) is 5.82 Å². The predicted octanol–water partition coefficient (Wildman–Crippen LogP) is 3.12. The van der Waals surface area contributed by atoms with Gasteiger partial charge in [-0.25, -0.2) is 9.78 Å². The van der Waals surface area contributed by atoms with E-state index in [0.717, 1.165) is 24.0 Å². The van der Waals surface area contributed by atoms with Crippen molar-refractivity contribution in [3.05, 3.63) is 65.4 Å². The molecular formula is C17H18N2O2. The molecule has 4 nitrogen and oxygen atoms in total. The fraction of sp³-hybridized carbons (Fsp3) is 0.176. The normalized spacial score (nSPS) is 10.8. The maximum atomic E-state index is 10.5. The molecule has 0 aliphatic rings. The van der Waals surface area contributed by atoms with Crippen molar-refractivity contribution in [3.63, 3.8) is 0 Å². The second kappa shape index (κ2) is 6.70. The Balaban J connectivity index is 2.04. The SMILES string of the molecule is Cc1ccc(CN(C)c2ccc(/C=C/C(=O)O)cn2)cc1. The summed E-state index contributed by atoms with van der Waals surface area (Å²) in [6, 6.07) is 12.1. The minimum atomic E-state index is -0.962. The van der Waals surface area contributed by atoms with Crippen LogP contribution in [0.3, 0.4) is 0 Å². The highest BCUT2D eigenvalue weighted by atomic mass is 16.4. The number of pyridine rings is 1. The van der Waals surface area contributed by atoms with E-state index in [4.69, 9.17) is 5.11 Å². The van der Waals surface area contributed by atoms with Crippen molar-refractivity contribution in [2.45, 2.75) is 13.5 Å². The van der Waals surface area contributed by atoms with Gasteiger partial charge in [-0.05, 0) is 36.3 Å². The molecule has 0 unspecified atom stereocenters. The first-order chi connectivity index (χ1) is 10.0. The van der Waals surface area contributed by atoms with E-state index >= 15 is 0 Å². The van der Waals surface area contributed by atoms with Crippen molar-refractivity contribution >= 4 is 17.9 Å². The number of anilines is 1. The summed E-state index contributed by atoms with van der Waals surface area (Å²) in [6.07, 6.45) is 4.30. The molecule has 0 saturated heterocycles. The zero-order valence-corrected chi connectivity index (χ0v) is 12.2. The monoisotopic (exact) mass is 282 g/mol. The molecule has 1 aromatic carbocycles. The number of aliphatic carboxylic acids is 1. The minimum absolute atomic E-state index is 0.768. The highest BCUT2D eigenvalue weighted by Crippen LogP contribution is 2.14. The lowest BCUT2D eigenvalue weighted by atomic mass is 10.1. The van der Waals surface area contributed by atoms with Crippen LogP contribution in [-0.4, -0.2) is 23.1 Å². The third kappa shape index (κ3) is 4.45. The number of carbonyl (C=O) groups is 1. The second-order valence-electron chi connectivity index (χ2n) is 4.96. The zero-order chi connectivity index (χ0) is 15.2. The number of aromatic nitrogens is 1. The molecule has 1 aromatic heterocycles. The lowest BCUT2D eigenvalue weighted by Crippen LogP contribution is -2.17. The molecule has 0 amide bonds. The lowest BCUT2D eigenvalue weighted by molar-refractivity contribution is -0.131. The van der Waals surface area contributed by atoms with Gasteiger partial charge < -0.3 is 10.0 Å². The van der Waals surface area contributed by atoms with Crippen molar-refractivity contribution in [2.24, 2.45) is 0 Å². The number of hydrogen-bond acceptors (Lipinski definition) is 3. The average molecular weight is 282 g/mol. The maximum Gasteiger partial charge on any atom is 0.328 e. The summed E-state index contributed by atoms with van der Waals surface area (Å²) >= 11 is 0. The Bertz CT molecular complexity index is 631. The van der Waals surface area contributed by atoms with Gasteiger partial charge in [0.15, 0.2) is 0 Å². The summed E-state index contributed by atoms with van der Waals surface area (Å²) in [5.41, 5.74) is 3.23. The van der Waals surface area contributed by atoms with Gasteiger partial charge in [0.1, 0.15) is 5.82 Å². The number of aryl methyl sites for hydroxylation is 1. The van der Waals surface area contributed by atoms with Crippen molar-refractivity contribution in [2.75, 3.05) is 11.9 Å². The topological polar surface area (TPSA) is 53.4 Å². The summed E-state index contributed by atoms with van der Waals surface area (Å²) in [5, 5.41) is 8.59. The molecule has 0 aliphatic heterocycles. The predicted molar refractivity (Wildman–Crippen MR) is 84.2 cm³/mol. The molecule has 4 heteroatoms. The molecule has 21 heavy (non-hydrogen) atoms. The van der Waals surface area contributed by atoms with Gasteiger partial charge in [0, 0.05) is 25.9 Å². The van der Waals surface area contributed by atoms with E-state index in [2.05, 4.69) is 41.1 Å². The average Bonchev–Trinajstić information content (AvgIpc) is 2.48. The molecule has 2 aromatic rings. The summed E-state index contributed by atoms with van der Waals surface area (Å²) in [5.74, 6) is -0.112. The Kier molecular flexibility index (Phi) is 4.72. The molecule has 0 fully saturated rings. The largest absolute Gasteiger partial charge is 0.478 e.